The van der Waals surface area contributed by atoms with E-state index in [1.54, 1.807) is 17.4 Å². The van der Waals surface area contributed by atoms with E-state index in [0.717, 1.165) is 10.4 Å². The molecular formula is C18H22N2O2S. The molecule has 2 aromatic rings. The van der Waals surface area contributed by atoms with Gasteiger partial charge in [-0.2, -0.15) is 0 Å². The molecular weight excluding hydrogens is 308 g/mol. The Bertz CT molecular complexity index is 665. The van der Waals surface area contributed by atoms with Crippen LogP contribution in [0.25, 0.3) is 0 Å². The van der Waals surface area contributed by atoms with Crippen LogP contribution in [-0.2, 0) is 11.3 Å². The van der Waals surface area contributed by atoms with Crippen LogP contribution >= 0.6 is 11.3 Å². The molecule has 4 nitrogen and oxygen atoms in total. The average molecular weight is 330 g/mol. The van der Waals surface area contributed by atoms with E-state index in [1.807, 2.05) is 56.5 Å². The Morgan fingerprint density at radius 2 is 1.87 bits per heavy atom. The molecule has 0 aliphatic heterocycles. The Morgan fingerprint density at radius 3 is 2.48 bits per heavy atom. The quantitative estimate of drug-likeness (QED) is 0.855. The van der Waals surface area contributed by atoms with Gasteiger partial charge < -0.3 is 10.6 Å². The van der Waals surface area contributed by atoms with E-state index >= 15 is 0 Å². The molecule has 0 radical (unpaired) electrons. The molecule has 1 heterocycles. The van der Waals surface area contributed by atoms with Gasteiger partial charge in [0.2, 0.25) is 5.91 Å². The zero-order chi connectivity index (χ0) is 16.8. The molecule has 0 aliphatic carbocycles. The summed E-state index contributed by atoms with van der Waals surface area (Å²) in [4.78, 5) is 25.9. The number of carbonyl (C=O) groups excluding carboxylic acids is 2. The molecule has 122 valence electrons. The maximum atomic E-state index is 12.4. The van der Waals surface area contributed by atoms with E-state index in [4.69, 9.17) is 0 Å². The summed E-state index contributed by atoms with van der Waals surface area (Å²) < 4.78 is 0. The van der Waals surface area contributed by atoms with Crippen LogP contribution in [0.2, 0.25) is 0 Å². The first-order chi connectivity index (χ1) is 11.0. The van der Waals surface area contributed by atoms with Crippen LogP contribution in [0.15, 0.2) is 41.8 Å². The van der Waals surface area contributed by atoms with Gasteiger partial charge in [-0.05, 0) is 35.9 Å². The van der Waals surface area contributed by atoms with Gasteiger partial charge >= 0.3 is 0 Å². The largest absolute Gasteiger partial charge is 0.349 e. The monoisotopic (exact) mass is 330 g/mol. The van der Waals surface area contributed by atoms with Gasteiger partial charge in [-0.25, -0.2) is 0 Å². The van der Waals surface area contributed by atoms with Crippen LogP contribution in [0.4, 0.5) is 0 Å². The minimum atomic E-state index is -0.554. The molecule has 0 aliphatic rings. The number of hydrogen-bond acceptors (Lipinski definition) is 3. The summed E-state index contributed by atoms with van der Waals surface area (Å²) in [6.45, 7) is 6.22. The first kappa shape index (κ1) is 17.2. The van der Waals surface area contributed by atoms with Crippen molar-refractivity contribution in [1.82, 2.24) is 10.6 Å². The van der Waals surface area contributed by atoms with Gasteiger partial charge in [0.25, 0.3) is 5.91 Å². The molecule has 1 aromatic carbocycles. The highest BCUT2D eigenvalue weighted by Gasteiger charge is 2.24. The highest BCUT2D eigenvalue weighted by molar-refractivity contribution is 7.09. The summed E-state index contributed by atoms with van der Waals surface area (Å²) in [5.74, 6) is -0.366. The van der Waals surface area contributed by atoms with Gasteiger partial charge in [0, 0.05) is 10.4 Å². The molecule has 1 unspecified atom stereocenters. The van der Waals surface area contributed by atoms with E-state index in [1.165, 1.54) is 0 Å². The van der Waals surface area contributed by atoms with Crippen molar-refractivity contribution < 1.29 is 9.59 Å². The minimum Gasteiger partial charge on any atom is -0.349 e. The topological polar surface area (TPSA) is 58.2 Å². The van der Waals surface area contributed by atoms with Crippen molar-refractivity contribution >= 4 is 23.2 Å². The van der Waals surface area contributed by atoms with Gasteiger partial charge in [0.15, 0.2) is 0 Å². The third kappa shape index (κ3) is 4.66. The van der Waals surface area contributed by atoms with E-state index in [-0.39, 0.29) is 17.7 Å². The molecule has 0 saturated carbocycles. The average Bonchev–Trinajstić information content (AvgIpc) is 3.03. The number of aryl methyl sites for hydroxylation is 1. The second-order valence-corrected chi connectivity index (χ2v) is 6.84. The van der Waals surface area contributed by atoms with E-state index in [9.17, 15) is 9.59 Å². The molecule has 2 amide bonds. The summed E-state index contributed by atoms with van der Waals surface area (Å²) in [6.07, 6.45) is 0. The van der Waals surface area contributed by atoms with Crippen LogP contribution in [-0.4, -0.2) is 17.9 Å². The number of benzene rings is 1. The van der Waals surface area contributed by atoms with Gasteiger partial charge in [0.05, 0.1) is 6.54 Å². The molecule has 1 aromatic heterocycles. The molecule has 23 heavy (non-hydrogen) atoms. The molecule has 2 rings (SSSR count). The minimum absolute atomic E-state index is 0.00584. The third-order valence-corrected chi connectivity index (χ3v) is 4.52. The molecule has 0 spiro atoms. The predicted molar refractivity (Wildman–Crippen MR) is 93.4 cm³/mol. The van der Waals surface area contributed by atoms with Crippen LogP contribution in [0.5, 0.6) is 0 Å². The molecule has 5 heteroatoms. The zero-order valence-corrected chi connectivity index (χ0v) is 14.4. The van der Waals surface area contributed by atoms with Crippen molar-refractivity contribution in [2.45, 2.75) is 33.4 Å². The highest BCUT2D eigenvalue weighted by atomic mass is 32.1. The maximum Gasteiger partial charge on any atom is 0.252 e. The number of thiophene rings is 1. The normalized spacial score (nSPS) is 12.0. The van der Waals surface area contributed by atoms with Crippen molar-refractivity contribution in [3.63, 3.8) is 0 Å². The zero-order valence-electron chi connectivity index (χ0n) is 13.6. The molecule has 0 bridgehead atoms. The Labute approximate surface area is 140 Å². The molecule has 0 saturated heterocycles. The van der Waals surface area contributed by atoms with E-state index < -0.39 is 6.04 Å². The van der Waals surface area contributed by atoms with Crippen molar-refractivity contribution in [3.8, 4) is 0 Å². The second-order valence-electron chi connectivity index (χ2n) is 5.81. The number of nitrogens with one attached hydrogen (secondary N) is 2. The van der Waals surface area contributed by atoms with Crippen molar-refractivity contribution in [2.24, 2.45) is 5.92 Å². The molecule has 0 fully saturated rings. The number of hydrogen-bond donors (Lipinski definition) is 2. The maximum absolute atomic E-state index is 12.4. The lowest BCUT2D eigenvalue weighted by atomic mass is 10.0. The van der Waals surface area contributed by atoms with Gasteiger partial charge in [0.1, 0.15) is 6.04 Å². The van der Waals surface area contributed by atoms with Crippen molar-refractivity contribution in [3.05, 3.63) is 57.8 Å². The summed E-state index contributed by atoms with van der Waals surface area (Å²) in [7, 11) is 0. The summed E-state index contributed by atoms with van der Waals surface area (Å²) >= 11 is 1.60. The summed E-state index contributed by atoms with van der Waals surface area (Å²) in [5.41, 5.74) is 1.50. The Hall–Kier alpha value is -2.14. The van der Waals surface area contributed by atoms with E-state index in [0.29, 0.717) is 12.1 Å². The lowest BCUT2D eigenvalue weighted by Crippen LogP contribution is -2.49. The van der Waals surface area contributed by atoms with Gasteiger partial charge in [-0.15, -0.1) is 11.3 Å². The SMILES string of the molecule is Cc1ccccc1C(=O)NC(C(=O)NCc1cccs1)C(C)C. The lowest BCUT2D eigenvalue weighted by Gasteiger charge is -2.22. The number of rotatable bonds is 6. The van der Waals surface area contributed by atoms with Gasteiger partial charge in [-0.3, -0.25) is 9.59 Å². The smallest absolute Gasteiger partial charge is 0.252 e. The van der Waals surface area contributed by atoms with Gasteiger partial charge in [-0.1, -0.05) is 38.1 Å². The molecule has 1 atom stereocenters. The van der Waals surface area contributed by atoms with Crippen LogP contribution in [0.3, 0.4) is 0 Å². The number of amides is 2. The summed E-state index contributed by atoms with van der Waals surface area (Å²) in [6, 6.07) is 10.7. The van der Waals surface area contributed by atoms with Crippen LogP contribution < -0.4 is 10.6 Å². The summed E-state index contributed by atoms with van der Waals surface area (Å²) in [5, 5.41) is 7.72. The fourth-order valence-corrected chi connectivity index (χ4v) is 2.92. The first-order valence-corrected chi connectivity index (χ1v) is 8.53. The Kier molecular flexibility index (Phi) is 5.93. The first-order valence-electron chi connectivity index (χ1n) is 7.65. The Morgan fingerprint density at radius 1 is 1.13 bits per heavy atom. The fourth-order valence-electron chi connectivity index (χ4n) is 2.28. The fraction of sp³-hybridized carbons (Fsp3) is 0.333. The van der Waals surface area contributed by atoms with Crippen LogP contribution in [0.1, 0.15) is 34.6 Å². The van der Waals surface area contributed by atoms with Crippen molar-refractivity contribution in [1.29, 1.82) is 0 Å². The van der Waals surface area contributed by atoms with E-state index in [2.05, 4.69) is 10.6 Å². The number of carbonyl (C=O) groups is 2. The predicted octanol–water partition coefficient (Wildman–Crippen LogP) is 3.13. The van der Waals surface area contributed by atoms with Crippen molar-refractivity contribution in [2.75, 3.05) is 0 Å². The lowest BCUT2D eigenvalue weighted by molar-refractivity contribution is -0.124. The standard InChI is InChI=1S/C18H22N2O2S/c1-12(2)16(18(22)19-11-14-8-6-10-23-14)20-17(21)15-9-5-4-7-13(15)3/h4-10,12,16H,11H2,1-3H3,(H,19,22)(H,20,21). The third-order valence-electron chi connectivity index (χ3n) is 3.64. The van der Waals surface area contributed by atoms with Crippen LogP contribution in [0, 0.1) is 12.8 Å². The second kappa shape index (κ2) is 7.92. The Balaban J connectivity index is 2.02. The highest BCUT2D eigenvalue weighted by Crippen LogP contribution is 2.11. The molecule has 2 N–H and O–H groups in total.